The number of unbranched alkanes of at least 4 members (excludes halogenated alkanes) is 1. The monoisotopic (exact) mass is 306 g/mol. The number of hydrogen-bond donors (Lipinski definition) is 2. The zero-order valence-electron chi connectivity index (χ0n) is 13.4. The lowest BCUT2D eigenvalue weighted by Gasteiger charge is -2.06. The van der Waals surface area contributed by atoms with Crippen molar-refractivity contribution < 1.29 is 0 Å². The molecule has 0 aliphatic heterocycles. The zero-order valence-corrected chi connectivity index (χ0v) is 13.4. The van der Waals surface area contributed by atoms with E-state index in [0.29, 0.717) is 18.1 Å². The molecule has 4 nitrogen and oxygen atoms in total. The number of nitrogens with one attached hydrogen (secondary N) is 1. The van der Waals surface area contributed by atoms with Gasteiger partial charge in [0, 0.05) is 6.54 Å². The van der Waals surface area contributed by atoms with Gasteiger partial charge >= 0.3 is 0 Å². The number of nitriles is 1. The highest BCUT2D eigenvalue weighted by molar-refractivity contribution is 5.77. The summed E-state index contributed by atoms with van der Waals surface area (Å²) < 4.78 is 0. The van der Waals surface area contributed by atoms with Crippen LogP contribution in [0.15, 0.2) is 53.5 Å². The van der Waals surface area contributed by atoms with Gasteiger partial charge in [-0.3, -0.25) is 0 Å². The molecule has 0 aliphatic carbocycles. The van der Waals surface area contributed by atoms with Gasteiger partial charge in [0.1, 0.15) is 0 Å². The number of aliphatic imine (C=N–C) groups is 1. The van der Waals surface area contributed by atoms with Crippen molar-refractivity contribution in [3.63, 3.8) is 0 Å². The molecule has 0 amide bonds. The van der Waals surface area contributed by atoms with Crippen molar-refractivity contribution >= 4 is 5.96 Å². The molecule has 118 valence electrons. The third-order valence-electron chi connectivity index (χ3n) is 3.58. The first-order valence-electron chi connectivity index (χ1n) is 7.87. The fraction of sp³-hybridized carbons (Fsp3) is 0.263. The largest absolute Gasteiger partial charge is 0.370 e. The van der Waals surface area contributed by atoms with E-state index in [9.17, 15) is 5.26 Å². The maximum absolute atomic E-state index is 9.18. The van der Waals surface area contributed by atoms with E-state index in [1.807, 2.05) is 48.5 Å². The van der Waals surface area contributed by atoms with Crippen LogP contribution in [0.4, 0.5) is 0 Å². The molecule has 0 fully saturated rings. The van der Waals surface area contributed by atoms with Crippen molar-refractivity contribution in [3.05, 3.63) is 59.7 Å². The maximum atomic E-state index is 9.18. The summed E-state index contributed by atoms with van der Waals surface area (Å²) in [6.45, 7) is 3.54. The molecular weight excluding hydrogens is 284 g/mol. The molecule has 3 N–H and O–H groups in total. The minimum Gasteiger partial charge on any atom is -0.370 e. The van der Waals surface area contributed by atoms with Gasteiger partial charge in [-0.2, -0.15) is 5.26 Å². The van der Waals surface area contributed by atoms with Crippen molar-refractivity contribution in [3.8, 4) is 17.2 Å². The Balaban J connectivity index is 2.03. The SMILES string of the molecule is CCCCNC(N)=NCc1ccc(-c2ccccc2C#N)cc1. The summed E-state index contributed by atoms with van der Waals surface area (Å²) in [5.41, 5.74) is 9.57. The first kappa shape index (κ1) is 16.6. The van der Waals surface area contributed by atoms with Gasteiger partial charge in [-0.1, -0.05) is 55.8 Å². The first-order valence-corrected chi connectivity index (χ1v) is 7.87. The molecule has 0 saturated heterocycles. The second-order valence-corrected chi connectivity index (χ2v) is 5.34. The summed E-state index contributed by atoms with van der Waals surface area (Å²) in [7, 11) is 0. The number of rotatable bonds is 6. The van der Waals surface area contributed by atoms with Crippen LogP contribution in [0, 0.1) is 11.3 Å². The number of nitrogens with zero attached hydrogens (tertiary/aromatic N) is 2. The smallest absolute Gasteiger partial charge is 0.188 e. The fourth-order valence-corrected chi connectivity index (χ4v) is 2.25. The molecule has 0 bridgehead atoms. The Morgan fingerprint density at radius 1 is 1.17 bits per heavy atom. The molecule has 0 aromatic heterocycles. The van der Waals surface area contributed by atoms with Gasteiger partial charge in [-0.25, -0.2) is 4.99 Å². The van der Waals surface area contributed by atoms with Crippen LogP contribution in [0.25, 0.3) is 11.1 Å². The molecule has 2 aromatic rings. The molecule has 2 rings (SSSR count). The Bertz CT molecular complexity index is 696. The van der Waals surface area contributed by atoms with E-state index in [1.165, 1.54) is 0 Å². The van der Waals surface area contributed by atoms with Crippen molar-refractivity contribution in [2.75, 3.05) is 6.54 Å². The van der Waals surface area contributed by atoms with Gasteiger partial charge in [-0.05, 0) is 29.2 Å². The predicted octanol–water partition coefficient (Wildman–Crippen LogP) is 3.43. The van der Waals surface area contributed by atoms with Crippen LogP contribution in [0.5, 0.6) is 0 Å². The quantitative estimate of drug-likeness (QED) is 0.488. The maximum Gasteiger partial charge on any atom is 0.188 e. The minimum absolute atomic E-state index is 0.484. The molecule has 0 spiro atoms. The van der Waals surface area contributed by atoms with E-state index < -0.39 is 0 Å². The molecule has 0 unspecified atom stereocenters. The van der Waals surface area contributed by atoms with E-state index in [0.717, 1.165) is 36.1 Å². The lowest BCUT2D eigenvalue weighted by molar-refractivity contribution is 0.748. The summed E-state index contributed by atoms with van der Waals surface area (Å²) >= 11 is 0. The lowest BCUT2D eigenvalue weighted by Crippen LogP contribution is -2.32. The Hall–Kier alpha value is -2.80. The highest BCUT2D eigenvalue weighted by Crippen LogP contribution is 2.23. The molecule has 2 aromatic carbocycles. The molecule has 0 aliphatic rings. The second-order valence-electron chi connectivity index (χ2n) is 5.34. The van der Waals surface area contributed by atoms with Gasteiger partial charge < -0.3 is 11.1 Å². The van der Waals surface area contributed by atoms with Crippen LogP contribution in [0.1, 0.15) is 30.9 Å². The van der Waals surface area contributed by atoms with Crippen LogP contribution < -0.4 is 11.1 Å². The minimum atomic E-state index is 0.484. The van der Waals surface area contributed by atoms with E-state index in [2.05, 4.69) is 23.3 Å². The second kappa shape index (κ2) is 8.60. The highest BCUT2D eigenvalue weighted by atomic mass is 15.1. The molecule has 0 radical (unpaired) electrons. The molecule has 0 heterocycles. The normalized spacial score (nSPS) is 11.0. The Kier molecular flexibility index (Phi) is 6.19. The van der Waals surface area contributed by atoms with Crippen molar-refractivity contribution in [2.24, 2.45) is 10.7 Å². The standard InChI is InChI=1S/C19H22N4/c1-2-3-12-22-19(21)23-14-15-8-10-16(11-9-15)18-7-5-4-6-17(18)13-20/h4-11H,2-3,12,14H2,1H3,(H3,21,22,23). The average Bonchev–Trinajstić information content (AvgIpc) is 2.60. The first-order chi connectivity index (χ1) is 11.2. The van der Waals surface area contributed by atoms with Gasteiger partial charge in [-0.15, -0.1) is 0 Å². The van der Waals surface area contributed by atoms with Crippen LogP contribution in [-0.4, -0.2) is 12.5 Å². The van der Waals surface area contributed by atoms with Crippen molar-refractivity contribution in [1.29, 1.82) is 5.26 Å². The number of nitrogens with two attached hydrogens (primary N) is 1. The summed E-state index contributed by atoms with van der Waals surface area (Å²) in [5.74, 6) is 0.484. The summed E-state index contributed by atoms with van der Waals surface area (Å²) in [5, 5.41) is 12.3. The molecule has 4 heteroatoms. The van der Waals surface area contributed by atoms with Gasteiger partial charge in [0.15, 0.2) is 5.96 Å². The van der Waals surface area contributed by atoms with Crippen LogP contribution >= 0.6 is 0 Å². The van der Waals surface area contributed by atoms with Gasteiger partial charge in [0.05, 0.1) is 18.2 Å². The summed E-state index contributed by atoms with van der Waals surface area (Å²) in [4.78, 5) is 4.33. The fourth-order valence-electron chi connectivity index (χ4n) is 2.25. The summed E-state index contributed by atoms with van der Waals surface area (Å²) in [6, 6.07) is 17.9. The van der Waals surface area contributed by atoms with Crippen molar-refractivity contribution in [2.45, 2.75) is 26.3 Å². The van der Waals surface area contributed by atoms with Crippen molar-refractivity contribution in [1.82, 2.24) is 5.32 Å². The average molecular weight is 306 g/mol. The summed E-state index contributed by atoms with van der Waals surface area (Å²) in [6.07, 6.45) is 2.22. The molecule has 23 heavy (non-hydrogen) atoms. The van der Waals surface area contributed by atoms with E-state index in [1.54, 1.807) is 0 Å². The Labute approximate surface area is 137 Å². The van der Waals surface area contributed by atoms with Crippen LogP contribution in [0.3, 0.4) is 0 Å². The van der Waals surface area contributed by atoms with E-state index >= 15 is 0 Å². The molecule has 0 atom stereocenters. The molecule has 0 saturated carbocycles. The predicted molar refractivity (Wildman–Crippen MR) is 94.8 cm³/mol. The topological polar surface area (TPSA) is 74.2 Å². The van der Waals surface area contributed by atoms with E-state index in [4.69, 9.17) is 5.73 Å². The number of hydrogen-bond acceptors (Lipinski definition) is 2. The van der Waals surface area contributed by atoms with Crippen LogP contribution in [-0.2, 0) is 6.54 Å². The Morgan fingerprint density at radius 3 is 2.61 bits per heavy atom. The van der Waals surface area contributed by atoms with Crippen LogP contribution in [0.2, 0.25) is 0 Å². The van der Waals surface area contributed by atoms with Gasteiger partial charge in [0.2, 0.25) is 0 Å². The third-order valence-corrected chi connectivity index (χ3v) is 3.58. The Morgan fingerprint density at radius 2 is 1.91 bits per heavy atom. The highest BCUT2D eigenvalue weighted by Gasteiger charge is 2.03. The van der Waals surface area contributed by atoms with E-state index in [-0.39, 0.29) is 0 Å². The molecular formula is C19H22N4. The van der Waals surface area contributed by atoms with Gasteiger partial charge in [0.25, 0.3) is 0 Å². The number of benzene rings is 2. The number of guanidine groups is 1. The zero-order chi connectivity index (χ0) is 16.5. The lowest BCUT2D eigenvalue weighted by atomic mass is 9.99. The third kappa shape index (κ3) is 4.86.